The molecule has 0 radical (unpaired) electrons. The van der Waals surface area contributed by atoms with Crippen LogP contribution in [0.25, 0.3) is 0 Å². The fourth-order valence-electron chi connectivity index (χ4n) is 4.18. The Balaban J connectivity index is 1.66. The predicted octanol–water partition coefficient (Wildman–Crippen LogP) is 4.72. The molecule has 4 rings (SSSR count). The molecule has 1 aliphatic rings. The minimum Gasteiger partial charge on any atom is -0.469 e. The molecule has 180 valence electrons. The lowest BCUT2D eigenvalue weighted by Gasteiger charge is -2.23. The molecule has 0 fully saturated rings. The van der Waals surface area contributed by atoms with Crippen LogP contribution >= 0.6 is 11.6 Å². The van der Waals surface area contributed by atoms with Crippen LogP contribution in [0.4, 0.5) is 0 Å². The summed E-state index contributed by atoms with van der Waals surface area (Å²) in [6, 6.07) is 13.1. The Bertz CT molecular complexity index is 1150. The molecule has 34 heavy (non-hydrogen) atoms. The zero-order valence-corrected chi connectivity index (χ0v) is 20.1. The highest BCUT2D eigenvalue weighted by atomic mass is 35.5. The Morgan fingerprint density at radius 2 is 2.03 bits per heavy atom. The molecule has 0 amide bonds. The van der Waals surface area contributed by atoms with Crippen LogP contribution in [0.1, 0.15) is 48.5 Å². The first-order chi connectivity index (χ1) is 16.5. The highest BCUT2D eigenvalue weighted by molar-refractivity contribution is 6.31. The summed E-state index contributed by atoms with van der Waals surface area (Å²) in [6.07, 6.45) is 3.55. The van der Waals surface area contributed by atoms with Gasteiger partial charge in [-0.2, -0.15) is 0 Å². The molecule has 2 aromatic carbocycles. The maximum absolute atomic E-state index is 12.8. The number of aliphatic hydroxyl groups is 1. The van der Waals surface area contributed by atoms with Crippen LogP contribution in [0.5, 0.6) is 11.5 Å². The summed E-state index contributed by atoms with van der Waals surface area (Å²) in [7, 11) is 1.33. The first kappa shape index (κ1) is 24.1. The number of carbonyl (C=O) groups is 1. The highest BCUT2D eigenvalue weighted by Crippen LogP contribution is 2.35. The molecule has 2 heterocycles. The van der Waals surface area contributed by atoms with Gasteiger partial charge in [0.25, 0.3) is 0 Å². The Hall–Kier alpha value is -3.03. The number of nitrogens with zero attached hydrogens (tertiary/aromatic N) is 2. The number of fused-ring (bicyclic) bond motifs is 1. The van der Waals surface area contributed by atoms with Crippen molar-refractivity contribution >= 4 is 17.6 Å². The lowest BCUT2D eigenvalue weighted by atomic mass is 9.92. The van der Waals surface area contributed by atoms with E-state index in [0.717, 1.165) is 36.2 Å². The maximum atomic E-state index is 12.8. The topological polar surface area (TPSA) is 82.8 Å². The van der Waals surface area contributed by atoms with Gasteiger partial charge in [0, 0.05) is 11.4 Å². The van der Waals surface area contributed by atoms with Gasteiger partial charge in [-0.25, -0.2) is 4.98 Å². The summed E-state index contributed by atoms with van der Waals surface area (Å²) in [4.78, 5) is 17.4. The zero-order chi connectivity index (χ0) is 24.1. The standard InChI is InChI=1S/C26H29ClN2O5/c1-3-4-9-24-28-14-21(29(24)15-18-7-5-6-8-20(18)27)25(30)19(26(31)32-2)12-17-10-11-22-23(13-17)34-16-33-22/h5-8,10-11,13-14,19,25,30H,3-4,9,12,15-16H2,1-2H3. The number of unbranched alkanes of at least 4 members (excludes halogenated alkanes) is 1. The van der Waals surface area contributed by atoms with E-state index in [-0.39, 0.29) is 13.2 Å². The summed E-state index contributed by atoms with van der Waals surface area (Å²) in [5.41, 5.74) is 2.31. The SMILES string of the molecule is CCCCc1ncc(C(O)C(Cc2ccc3c(c2)OCO3)C(=O)OC)n1Cc1ccccc1Cl. The van der Waals surface area contributed by atoms with Crippen LogP contribution in [-0.2, 0) is 28.9 Å². The Morgan fingerprint density at radius 3 is 2.79 bits per heavy atom. The summed E-state index contributed by atoms with van der Waals surface area (Å²) in [5.74, 6) is 0.817. The van der Waals surface area contributed by atoms with Crippen molar-refractivity contribution in [3.05, 3.63) is 76.3 Å². The van der Waals surface area contributed by atoms with E-state index >= 15 is 0 Å². The van der Waals surface area contributed by atoms with Gasteiger partial charge in [0.05, 0.1) is 31.5 Å². The normalized spacial score (nSPS) is 14.1. The Kier molecular flexibility index (Phi) is 7.75. The van der Waals surface area contributed by atoms with Crippen molar-refractivity contribution < 1.29 is 24.1 Å². The molecule has 0 aliphatic carbocycles. The average molecular weight is 485 g/mol. The van der Waals surface area contributed by atoms with E-state index in [0.29, 0.717) is 28.8 Å². The predicted molar refractivity (Wildman–Crippen MR) is 128 cm³/mol. The van der Waals surface area contributed by atoms with Crippen molar-refractivity contribution in [3.63, 3.8) is 0 Å². The van der Waals surface area contributed by atoms with Crippen LogP contribution in [0.3, 0.4) is 0 Å². The van der Waals surface area contributed by atoms with E-state index in [1.54, 1.807) is 6.20 Å². The molecular weight excluding hydrogens is 456 g/mol. The summed E-state index contributed by atoms with van der Waals surface area (Å²) in [5, 5.41) is 12.1. The minimum absolute atomic E-state index is 0.170. The Morgan fingerprint density at radius 1 is 1.24 bits per heavy atom. The van der Waals surface area contributed by atoms with Crippen LogP contribution in [0.2, 0.25) is 5.02 Å². The third-order valence-electron chi connectivity index (χ3n) is 6.09. The lowest BCUT2D eigenvalue weighted by molar-refractivity contribution is -0.149. The van der Waals surface area contributed by atoms with Gasteiger partial charge in [-0.3, -0.25) is 4.79 Å². The van der Waals surface area contributed by atoms with Gasteiger partial charge in [0.1, 0.15) is 11.9 Å². The van der Waals surface area contributed by atoms with Gasteiger partial charge < -0.3 is 23.9 Å². The average Bonchev–Trinajstić information content (AvgIpc) is 3.48. The molecule has 1 N–H and O–H groups in total. The van der Waals surface area contributed by atoms with Crippen molar-refractivity contribution in [1.29, 1.82) is 0 Å². The number of aryl methyl sites for hydroxylation is 1. The molecule has 8 heteroatoms. The molecule has 3 aromatic rings. The second kappa shape index (κ2) is 10.9. The zero-order valence-electron chi connectivity index (χ0n) is 19.4. The molecule has 1 aliphatic heterocycles. The van der Waals surface area contributed by atoms with E-state index in [2.05, 4.69) is 11.9 Å². The van der Waals surface area contributed by atoms with E-state index in [9.17, 15) is 9.90 Å². The fraction of sp³-hybridized carbons (Fsp3) is 0.385. The van der Waals surface area contributed by atoms with E-state index < -0.39 is 18.0 Å². The monoisotopic (exact) mass is 484 g/mol. The Labute approximate surface area is 204 Å². The van der Waals surface area contributed by atoms with Gasteiger partial charge in [-0.1, -0.05) is 49.2 Å². The molecule has 0 bridgehead atoms. The number of aliphatic hydroxyl groups excluding tert-OH is 1. The number of aromatic nitrogens is 2. The van der Waals surface area contributed by atoms with Crippen molar-refractivity contribution in [2.75, 3.05) is 13.9 Å². The number of ether oxygens (including phenoxy) is 3. The second-order valence-electron chi connectivity index (χ2n) is 8.35. The smallest absolute Gasteiger partial charge is 0.312 e. The lowest BCUT2D eigenvalue weighted by Crippen LogP contribution is -2.28. The molecule has 0 saturated carbocycles. The molecule has 2 atom stereocenters. The molecular formula is C26H29ClN2O5. The van der Waals surface area contributed by atoms with E-state index in [4.69, 9.17) is 25.8 Å². The van der Waals surface area contributed by atoms with Crippen LogP contribution in [0, 0.1) is 5.92 Å². The van der Waals surface area contributed by atoms with E-state index in [1.165, 1.54) is 7.11 Å². The van der Waals surface area contributed by atoms with Crippen molar-refractivity contribution in [2.45, 2.75) is 45.3 Å². The fourth-order valence-corrected chi connectivity index (χ4v) is 4.38. The van der Waals surface area contributed by atoms with Gasteiger partial charge in [0.2, 0.25) is 6.79 Å². The van der Waals surface area contributed by atoms with Crippen LogP contribution in [0.15, 0.2) is 48.7 Å². The molecule has 7 nitrogen and oxygen atoms in total. The molecule has 0 saturated heterocycles. The number of imidazole rings is 1. The van der Waals surface area contributed by atoms with Gasteiger partial charge in [-0.05, 0) is 42.2 Å². The number of halogens is 1. The maximum Gasteiger partial charge on any atom is 0.312 e. The second-order valence-corrected chi connectivity index (χ2v) is 8.75. The third-order valence-corrected chi connectivity index (χ3v) is 6.46. The summed E-state index contributed by atoms with van der Waals surface area (Å²) < 4.78 is 17.9. The number of hydrogen-bond donors (Lipinski definition) is 1. The van der Waals surface area contributed by atoms with E-state index in [1.807, 2.05) is 47.0 Å². The number of hydrogen-bond acceptors (Lipinski definition) is 6. The summed E-state index contributed by atoms with van der Waals surface area (Å²) in [6.45, 7) is 2.74. The summed E-state index contributed by atoms with van der Waals surface area (Å²) >= 11 is 6.43. The number of rotatable bonds is 10. The third kappa shape index (κ3) is 5.21. The first-order valence-corrected chi connectivity index (χ1v) is 11.8. The minimum atomic E-state index is -1.12. The first-order valence-electron chi connectivity index (χ1n) is 11.4. The van der Waals surface area contributed by atoms with Crippen LogP contribution in [-0.4, -0.2) is 34.5 Å². The van der Waals surface area contributed by atoms with Crippen molar-refractivity contribution in [1.82, 2.24) is 9.55 Å². The molecule has 2 unspecified atom stereocenters. The number of carbonyl (C=O) groups excluding carboxylic acids is 1. The van der Waals surface area contributed by atoms with Crippen molar-refractivity contribution in [2.24, 2.45) is 5.92 Å². The highest BCUT2D eigenvalue weighted by Gasteiger charge is 2.33. The largest absolute Gasteiger partial charge is 0.469 e. The molecule has 0 spiro atoms. The van der Waals surface area contributed by atoms with Gasteiger partial charge >= 0.3 is 5.97 Å². The van der Waals surface area contributed by atoms with Crippen molar-refractivity contribution in [3.8, 4) is 11.5 Å². The quantitative estimate of drug-likeness (QED) is 0.419. The number of benzene rings is 2. The number of esters is 1. The van der Waals surface area contributed by atoms with Gasteiger partial charge in [0.15, 0.2) is 11.5 Å². The van der Waals surface area contributed by atoms with Crippen LogP contribution < -0.4 is 9.47 Å². The molecule has 1 aromatic heterocycles. The van der Waals surface area contributed by atoms with Gasteiger partial charge in [-0.15, -0.1) is 0 Å². The number of methoxy groups -OCH3 is 1.